The van der Waals surface area contributed by atoms with Crippen molar-refractivity contribution in [2.45, 2.75) is 26.8 Å². The van der Waals surface area contributed by atoms with Gasteiger partial charge in [-0.3, -0.25) is 0 Å². The van der Waals surface area contributed by atoms with E-state index >= 15 is 0 Å². The molecule has 3 nitrogen and oxygen atoms in total. The Kier molecular flexibility index (Phi) is 2.95. The van der Waals surface area contributed by atoms with Crippen molar-refractivity contribution in [2.75, 3.05) is 6.61 Å². The van der Waals surface area contributed by atoms with Gasteiger partial charge in [0, 0.05) is 19.0 Å². The molecule has 1 aromatic rings. The third-order valence-electron chi connectivity index (χ3n) is 1.44. The molecule has 3 heteroatoms. The van der Waals surface area contributed by atoms with Crippen LogP contribution in [0.2, 0.25) is 0 Å². The van der Waals surface area contributed by atoms with Crippen LogP contribution >= 0.6 is 0 Å². The summed E-state index contributed by atoms with van der Waals surface area (Å²) in [5, 5.41) is 4.05. The Bertz CT molecular complexity index is 187. The fraction of sp³-hybridized carbons (Fsp3) is 0.625. The summed E-state index contributed by atoms with van der Waals surface area (Å²) in [5.41, 5.74) is 0. The number of fused-ring (bicyclic) bond motifs is 1. The first-order chi connectivity index (χ1) is 5.47. The summed E-state index contributed by atoms with van der Waals surface area (Å²) in [6.07, 6.45) is 2.84. The van der Waals surface area contributed by atoms with Crippen LogP contribution < -0.4 is 4.74 Å². The molecule has 62 valence electrons. The molecule has 0 N–H and O–H groups in total. The zero-order valence-corrected chi connectivity index (χ0v) is 7.08. The fourth-order valence-corrected chi connectivity index (χ4v) is 1.00. The molecule has 0 aromatic carbocycles. The first-order valence-electron chi connectivity index (χ1n) is 4.11. The lowest BCUT2D eigenvalue weighted by Crippen LogP contribution is -2.14. The summed E-state index contributed by atoms with van der Waals surface area (Å²) in [6, 6.07) is 1.89. The van der Waals surface area contributed by atoms with Gasteiger partial charge in [-0.2, -0.15) is 5.10 Å². The summed E-state index contributed by atoms with van der Waals surface area (Å²) in [6.45, 7) is 5.84. The molecule has 0 saturated heterocycles. The third kappa shape index (κ3) is 1.73. The van der Waals surface area contributed by atoms with Crippen molar-refractivity contribution >= 4 is 0 Å². The average molecular weight is 154 g/mol. The van der Waals surface area contributed by atoms with Crippen molar-refractivity contribution < 1.29 is 4.74 Å². The maximum atomic E-state index is 5.26. The zero-order chi connectivity index (χ0) is 8.10. The lowest BCUT2D eigenvalue weighted by Gasteiger charge is -2.13. The van der Waals surface area contributed by atoms with Crippen molar-refractivity contribution in [2.24, 2.45) is 0 Å². The van der Waals surface area contributed by atoms with E-state index in [4.69, 9.17) is 4.74 Å². The van der Waals surface area contributed by atoms with Gasteiger partial charge < -0.3 is 4.74 Å². The molecule has 0 aliphatic carbocycles. The Hall–Kier alpha value is -0.990. The largest absolute Gasteiger partial charge is 0.478 e. The van der Waals surface area contributed by atoms with Gasteiger partial charge >= 0.3 is 0 Å². The van der Waals surface area contributed by atoms with Gasteiger partial charge in [-0.1, -0.05) is 13.8 Å². The van der Waals surface area contributed by atoms with Gasteiger partial charge in [-0.15, -0.1) is 0 Å². The summed E-state index contributed by atoms with van der Waals surface area (Å²) in [4.78, 5) is 0. The Balaban J connectivity index is 0.000000281. The maximum Gasteiger partial charge on any atom is 0.211 e. The summed E-state index contributed by atoms with van der Waals surface area (Å²) >= 11 is 0. The van der Waals surface area contributed by atoms with E-state index < -0.39 is 0 Å². The van der Waals surface area contributed by atoms with Crippen molar-refractivity contribution in [3.63, 3.8) is 0 Å². The normalized spacial score (nSPS) is 14.0. The second-order valence-electron chi connectivity index (χ2n) is 2.09. The molecular formula is C8H14N2O. The van der Waals surface area contributed by atoms with Crippen LogP contribution in [0.5, 0.6) is 5.88 Å². The van der Waals surface area contributed by atoms with Crippen LogP contribution in [0.15, 0.2) is 12.3 Å². The van der Waals surface area contributed by atoms with E-state index in [0.717, 1.165) is 25.5 Å². The minimum atomic E-state index is 0.839. The van der Waals surface area contributed by atoms with Crippen LogP contribution in [0.25, 0.3) is 0 Å². The van der Waals surface area contributed by atoms with Crippen molar-refractivity contribution in [1.29, 1.82) is 0 Å². The smallest absolute Gasteiger partial charge is 0.211 e. The van der Waals surface area contributed by atoms with E-state index in [0.29, 0.717) is 0 Å². The van der Waals surface area contributed by atoms with Crippen LogP contribution in [-0.4, -0.2) is 16.4 Å². The molecule has 1 aliphatic heterocycles. The average Bonchev–Trinajstić information content (AvgIpc) is 2.55. The Morgan fingerprint density at radius 1 is 1.55 bits per heavy atom. The van der Waals surface area contributed by atoms with E-state index in [1.54, 1.807) is 6.20 Å². The van der Waals surface area contributed by atoms with E-state index in [1.807, 2.05) is 24.6 Å². The molecule has 0 saturated carbocycles. The maximum absolute atomic E-state index is 5.26. The van der Waals surface area contributed by atoms with Crippen LogP contribution in [0.3, 0.4) is 0 Å². The van der Waals surface area contributed by atoms with E-state index in [-0.39, 0.29) is 0 Å². The lowest BCUT2D eigenvalue weighted by molar-refractivity contribution is 0.230. The van der Waals surface area contributed by atoms with Crippen LogP contribution in [0, 0.1) is 0 Å². The quantitative estimate of drug-likeness (QED) is 0.568. The van der Waals surface area contributed by atoms with E-state index in [1.165, 1.54) is 0 Å². The Morgan fingerprint density at radius 3 is 3.09 bits per heavy atom. The molecule has 0 unspecified atom stereocenters. The molecule has 2 rings (SSSR count). The highest BCUT2D eigenvalue weighted by Crippen LogP contribution is 2.13. The summed E-state index contributed by atoms with van der Waals surface area (Å²) in [5.74, 6) is 0.904. The second-order valence-corrected chi connectivity index (χ2v) is 2.09. The number of hydrogen-bond donors (Lipinski definition) is 0. The highest BCUT2D eigenvalue weighted by atomic mass is 16.5. The number of rotatable bonds is 0. The first-order valence-corrected chi connectivity index (χ1v) is 4.11. The lowest BCUT2D eigenvalue weighted by atomic mass is 10.4. The predicted octanol–water partition coefficient (Wildman–Crippen LogP) is 1.69. The van der Waals surface area contributed by atoms with Gasteiger partial charge in [0.05, 0.1) is 12.8 Å². The topological polar surface area (TPSA) is 27.1 Å². The van der Waals surface area contributed by atoms with Crippen LogP contribution in [0.4, 0.5) is 0 Å². The molecule has 11 heavy (non-hydrogen) atoms. The number of aryl methyl sites for hydroxylation is 1. The predicted molar refractivity (Wildman–Crippen MR) is 43.7 cm³/mol. The highest BCUT2D eigenvalue weighted by Gasteiger charge is 2.07. The second kappa shape index (κ2) is 4.01. The van der Waals surface area contributed by atoms with Gasteiger partial charge in [-0.25, -0.2) is 4.68 Å². The molecular weight excluding hydrogens is 140 g/mol. The summed E-state index contributed by atoms with van der Waals surface area (Å²) < 4.78 is 7.14. The molecule has 2 heterocycles. The minimum Gasteiger partial charge on any atom is -0.478 e. The molecule has 0 atom stereocenters. The third-order valence-corrected chi connectivity index (χ3v) is 1.44. The monoisotopic (exact) mass is 154 g/mol. The van der Waals surface area contributed by atoms with Crippen molar-refractivity contribution in [3.8, 4) is 5.88 Å². The van der Waals surface area contributed by atoms with Gasteiger partial charge in [0.25, 0.3) is 0 Å². The summed E-state index contributed by atoms with van der Waals surface area (Å²) in [7, 11) is 0. The van der Waals surface area contributed by atoms with Gasteiger partial charge in [0.2, 0.25) is 5.88 Å². The first kappa shape index (κ1) is 8.11. The molecule has 0 amide bonds. The highest BCUT2D eigenvalue weighted by molar-refractivity contribution is 5.08. The van der Waals surface area contributed by atoms with Crippen molar-refractivity contribution in [1.82, 2.24) is 9.78 Å². The number of hydrogen-bond acceptors (Lipinski definition) is 2. The number of aromatic nitrogens is 2. The molecule has 0 fully saturated rings. The molecule has 1 aliphatic rings. The molecule has 1 aromatic heterocycles. The van der Waals surface area contributed by atoms with E-state index in [2.05, 4.69) is 5.10 Å². The van der Waals surface area contributed by atoms with E-state index in [9.17, 15) is 0 Å². The molecule has 0 radical (unpaired) electrons. The Labute approximate surface area is 67.0 Å². The standard InChI is InChI=1S/C6H8N2O.C2H6/c1-4-8-6(9-5-1)2-3-7-8;1-2/h2-3H,1,4-5H2;1-2H3. The van der Waals surface area contributed by atoms with Gasteiger partial charge in [-0.05, 0) is 0 Å². The zero-order valence-electron chi connectivity index (χ0n) is 7.08. The van der Waals surface area contributed by atoms with Gasteiger partial charge in [0.15, 0.2) is 0 Å². The number of ether oxygens (including phenoxy) is 1. The van der Waals surface area contributed by atoms with Crippen LogP contribution in [0.1, 0.15) is 20.3 Å². The SMILES string of the molecule is CC.c1cc2n(n1)CCCO2. The fourth-order valence-electron chi connectivity index (χ4n) is 1.00. The van der Waals surface area contributed by atoms with Crippen LogP contribution in [-0.2, 0) is 6.54 Å². The Morgan fingerprint density at radius 2 is 2.36 bits per heavy atom. The minimum absolute atomic E-state index is 0.839. The van der Waals surface area contributed by atoms with Crippen molar-refractivity contribution in [3.05, 3.63) is 12.3 Å². The number of nitrogens with zero attached hydrogens (tertiary/aromatic N) is 2. The molecule has 0 spiro atoms. The molecule has 0 bridgehead atoms. The van der Waals surface area contributed by atoms with Gasteiger partial charge in [0.1, 0.15) is 0 Å².